The molecular weight excluding hydrogens is 669 g/mol. The first-order valence-electron chi connectivity index (χ1n) is 18.6. The maximum Gasteiger partial charge on any atom is 0.164 e. The summed E-state index contributed by atoms with van der Waals surface area (Å²) in [6, 6.07) is 68.6. The van der Waals surface area contributed by atoms with Gasteiger partial charge in [0.15, 0.2) is 17.5 Å². The van der Waals surface area contributed by atoms with E-state index in [0.29, 0.717) is 17.5 Å². The van der Waals surface area contributed by atoms with Crippen molar-refractivity contribution in [3.8, 4) is 51.0 Å². The lowest BCUT2D eigenvalue weighted by molar-refractivity contribution is 1.07. The summed E-state index contributed by atoms with van der Waals surface area (Å²) in [6.45, 7) is 0. The molecule has 2 aromatic heterocycles. The van der Waals surface area contributed by atoms with Crippen LogP contribution in [0.4, 0.5) is 0 Å². The zero-order valence-corrected chi connectivity index (χ0v) is 29.8. The monoisotopic (exact) mass is 700 g/mol. The molecule has 0 atom stereocenters. The minimum Gasteiger partial charge on any atom is -0.309 e. The van der Waals surface area contributed by atoms with Crippen LogP contribution in [0.2, 0.25) is 0 Å². The minimum absolute atomic E-state index is 0.630. The maximum absolute atomic E-state index is 5.31. The van der Waals surface area contributed by atoms with Gasteiger partial charge in [-0.3, -0.25) is 0 Å². The van der Waals surface area contributed by atoms with Crippen LogP contribution in [0, 0.1) is 0 Å². The number of rotatable bonds is 5. The van der Waals surface area contributed by atoms with E-state index in [9.17, 15) is 0 Å². The van der Waals surface area contributed by atoms with Crippen LogP contribution in [-0.4, -0.2) is 19.5 Å². The van der Waals surface area contributed by atoms with Crippen molar-refractivity contribution in [2.24, 2.45) is 0 Å². The summed E-state index contributed by atoms with van der Waals surface area (Å²) in [4.78, 5) is 15.7. The summed E-state index contributed by atoms with van der Waals surface area (Å²) >= 11 is 0. The smallest absolute Gasteiger partial charge is 0.164 e. The molecule has 4 heteroatoms. The van der Waals surface area contributed by atoms with E-state index in [-0.39, 0.29) is 0 Å². The molecule has 256 valence electrons. The zero-order chi connectivity index (χ0) is 36.3. The summed E-state index contributed by atoms with van der Waals surface area (Å²) < 4.78 is 2.42. The Morgan fingerprint density at radius 3 is 1.40 bits per heavy atom. The average Bonchev–Trinajstić information content (AvgIpc) is 3.61. The highest BCUT2D eigenvalue weighted by molar-refractivity contribution is 6.29. The standard InChI is InChI=1S/C51H32N4/c1-4-17-33(18-5-1)37-28-16-30-46-48(37)42-27-14-15-29-45(42)55(46)36-31-43-40-25-11-10-23-38(40)39-24-12-13-26-41(39)47(43)44(32-36)51-53-49(34-19-6-2-7-20-34)52-50(54-51)35-21-8-3-9-22-35/h1-32H. The van der Waals surface area contributed by atoms with Gasteiger partial charge in [0.2, 0.25) is 0 Å². The number of para-hydroxylation sites is 1. The second-order valence-electron chi connectivity index (χ2n) is 14.0. The second-order valence-corrected chi connectivity index (χ2v) is 14.0. The van der Waals surface area contributed by atoms with Crippen LogP contribution in [0.25, 0.3) is 105 Å². The molecule has 0 N–H and O–H groups in total. The Bertz CT molecular complexity index is 3180. The Balaban J connectivity index is 1.30. The fraction of sp³-hybridized carbons (Fsp3) is 0. The number of aromatic nitrogens is 4. The lowest BCUT2D eigenvalue weighted by Crippen LogP contribution is -2.02. The molecular formula is C51H32N4. The number of nitrogens with zero attached hydrogens (tertiary/aromatic N) is 4. The lowest BCUT2D eigenvalue weighted by Gasteiger charge is -2.18. The van der Waals surface area contributed by atoms with Crippen LogP contribution >= 0.6 is 0 Å². The number of fused-ring (bicyclic) bond motifs is 9. The van der Waals surface area contributed by atoms with Crippen molar-refractivity contribution in [1.29, 1.82) is 0 Å². The maximum atomic E-state index is 5.31. The van der Waals surface area contributed by atoms with E-state index in [1.54, 1.807) is 0 Å². The van der Waals surface area contributed by atoms with Gasteiger partial charge in [-0.15, -0.1) is 0 Å². The molecule has 0 amide bonds. The molecule has 11 aromatic rings. The molecule has 2 heterocycles. The molecule has 55 heavy (non-hydrogen) atoms. The molecule has 0 bridgehead atoms. The number of hydrogen-bond donors (Lipinski definition) is 0. The lowest BCUT2D eigenvalue weighted by atomic mass is 9.91. The van der Waals surface area contributed by atoms with Crippen LogP contribution in [-0.2, 0) is 0 Å². The van der Waals surface area contributed by atoms with Gasteiger partial charge >= 0.3 is 0 Å². The third-order valence-corrected chi connectivity index (χ3v) is 10.8. The fourth-order valence-electron chi connectivity index (χ4n) is 8.41. The molecule has 0 radical (unpaired) electrons. The van der Waals surface area contributed by atoms with Crippen molar-refractivity contribution in [2.45, 2.75) is 0 Å². The van der Waals surface area contributed by atoms with Crippen molar-refractivity contribution in [3.63, 3.8) is 0 Å². The average molecular weight is 701 g/mol. The highest BCUT2D eigenvalue weighted by Gasteiger charge is 2.22. The summed E-state index contributed by atoms with van der Waals surface area (Å²) in [5, 5.41) is 9.47. The highest BCUT2D eigenvalue weighted by atomic mass is 15.0. The van der Waals surface area contributed by atoms with Crippen molar-refractivity contribution < 1.29 is 0 Å². The van der Waals surface area contributed by atoms with Gasteiger partial charge in [-0.05, 0) is 62.3 Å². The molecule has 0 aliphatic rings. The molecule has 0 fully saturated rings. The Labute approximate surface area is 317 Å². The summed E-state index contributed by atoms with van der Waals surface area (Å²) in [7, 11) is 0. The molecule has 0 saturated carbocycles. The van der Waals surface area contributed by atoms with Gasteiger partial charge in [-0.2, -0.15) is 0 Å². The first-order chi connectivity index (χ1) is 27.3. The van der Waals surface area contributed by atoms with Gasteiger partial charge in [0, 0.05) is 38.5 Å². The third-order valence-electron chi connectivity index (χ3n) is 10.8. The summed E-state index contributed by atoms with van der Waals surface area (Å²) in [6.07, 6.45) is 0. The van der Waals surface area contributed by atoms with Gasteiger partial charge in [0.05, 0.1) is 11.0 Å². The summed E-state index contributed by atoms with van der Waals surface area (Å²) in [5.74, 6) is 1.90. The fourth-order valence-corrected chi connectivity index (χ4v) is 8.41. The van der Waals surface area contributed by atoms with Crippen molar-refractivity contribution in [1.82, 2.24) is 19.5 Å². The van der Waals surface area contributed by atoms with Crippen molar-refractivity contribution in [2.75, 3.05) is 0 Å². The Kier molecular flexibility index (Phi) is 7.14. The van der Waals surface area contributed by atoms with E-state index in [1.807, 2.05) is 36.4 Å². The first-order valence-corrected chi connectivity index (χ1v) is 18.6. The van der Waals surface area contributed by atoms with Crippen LogP contribution < -0.4 is 0 Å². The molecule has 0 unspecified atom stereocenters. The molecule has 9 aromatic carbocycles. The van der Waals surface area contributed by atoms with Crippen LogP contribution in [0.5, 0.6) is 0 Å². The summed E-state index contributed by atoms with van der Waals surface area (Å²) in [5.41, 5.74) is 8.57. The highest BCUT2D eigenvalue weighted by Crippen LogP contribution is 2.44. The first kappa shape index (κ1) is 31.1. The van der Waals surface area contributed by atoms with E-state index < -0.39 is 0 Å². The SMILES string of the molecule is c1ccc(-c2nc(-c3ccccc3)nc(-c3cc(-n4c5ccccc5c5c(-c6ccccc6)cccc54)cc4c5ccccc5c5ccccc5c34)n2)cc1. The van der Waals surface area contributed by atoms with Crippen LogP contribution in [0.1, 0.15) is 0 Å². The van der Waals surface area contributed by atoms with Gasteiger partial charge in [0.25, 0.3) is 0 Å². The van der Waals surface area contributed by atoms with E-state index in [0.717, 1.165) is 49.6 Å². The molecule has 4 nitrogen and oxygen atoms in total. The zero-order valence-electron chi connectivity index (χ0n) is 29.8. The quantitative estimate of drug-likeness (QED) is 0.168. The number of hydrogen-bond acceptors (Lipinski definition) is 3. The molecule has 0 aliphatic carbocycles. The second kappa shape index (κ2) is 12.6. The number of benzene rings is 9. The van der Waals surface area contributed by atoms with Gasteiger partial charge in [0.1, 0.15) is 0 Å². The Morgan fingerprint density at radius 1 is 0.291 bits per heavy atom. The molecule has 11 rings (SSSR count). The Morgan fingerprint density at radius 2 is 0.764 bits per heavy atom. The minimum atomic E-state index is 0.630. The Hall–Kier alpha value is -7.43. The predicted molar refractivity (Wildman–Crippen MR) is 228 cm³/mol. The van der Waals surface area contributed by atoms with Gasteiger partial charge in [-0.25, -0.2) is 15.0 Å². The van der Waals surface area contributed by atoms with E-state index in [4.69, 9.17) is 15.0 Å². The topological polar surface area (TPSA) is 43.6 Å². The predicted octanol–water partition coefficient (Wildman–Crippen LogP) is 13.1. The molecule has 0 saturated heterocycles. The van der Waals surface area contributed by atoms with Crippen molar-refractivity contribution in [3.05, 3.63) is 194 Å². The van der Waals surface area contributed by atoms with E-state index in [1.165, 1.54) is 38.1 Å². The van der Waals surface area contributed by atoms with E-state index in [2.05, 4.69) is 162 Å². The molecule has 0 spiro atoms. The van der Waals surface area contributed by atoms with E-state index >= 15 is 0 Å². The van der Waals surface area contributed by atoms with Crippen LogP contribution in [0.15, 0.2) is 194 Å². The van der Waals surface area contributed by atoms with Gasteiger partial charge < -0.3 is 4.57 Å². The molecule has 0 aliphatic heterocycles. The van der Waals surface area contributed by atoms with Crippen molar-refractivity contribution >= 4 is 54.1 Å². The van der Waals surface area contributed by atoms with Crippen LogP contribution in [0.3, 0.4) is 0 Å². The normalized spacial score (nSPS) is 11.6. The third kappa shape index (κ3) is 5.03. The van der Waals surface area contributed by atoms with Gasteiger partial charge in [-0.1, -0.05) is 170 Å². The largest absolute Gasteiger partial charge is 0.309 e.